The Morgan fingerprint density at radius 3 is 1.89 bits per heavy atom. The third-order valence-corrected chi connectivity index (χ3v) is 1.52. The molecule has 9 heavy (non-hydrogen) atoms. The van der Waals surface area contributed by atoms with Crippen LogP contribution in [0.3, 0.4) is 0 Å². The molecular formula is C6H3N3. The van der Waals surface area contributed by atoms with Gasteiger partial charge in [0.05, 0.1) is 24.1 Å². The molecule has 1 rings (SSSR count). The molecule has 3 heteroatoms. The van der Waals surface area contributed by atoms with Crippen molar-refractivity contribution in [2.75, 3.05) is 0 Å². The van der Waals surface area contributed by atoms with Crippen LogP contribution >= 0.6 is 0 Å². The minimum Gasteiger partial charge on any atom is -0.198 e. The number of hydrogen-bond donors (Lipinski definition) is 0. The lowest BCUT2D eigenvalue weighted by atomic mass is 10.1. The van der Waals surface area contributed by atoms with Gasteiger partial charge in [0.15, 0.2) is 5.41 Å². The van der Waals surface area contributed by atoms with Gasteiger partial charge in [0, 0.05) is 0 Å². The van der Waals surface area contributed by atoms with Crippen LogP contribution in [0.5, 0.6) is 0 Å². The maximum absolute atomic E-state index is 8.33. The number of nitrogens with zero attached hydrogens (tertiary/aromatic N) is 3. The van der Waals surface area contributed by atoms with E-state index in [1.54, 1.807) is 0 Å². The summed E-state index contributed by atoms with van der Waals surface area (Å²) in [6.07, 6.45) is 0.427. The summed E-state index contributed by atoms with van der Waals surface area (Å²) in [7, 11) is 0. The van der Waals surface area contributed by atoms with Crippen LogP contribution in [-0.2, 0) is 0 Å². The van der Waals surface area contributed by atoms with E-state index in [9.17, 15) is 0 Å². The van der Waals surface area contributed by atoms with Crippen molar-refractivity contribution in [1.29, 1.82) is 15.8 Å². The SMILES string of the molecule is N#CC1CC1(C#N)C#N. The second-order valence-corrected chi connectivity index (χ2v) is 2.08. The lowest BCUT2D eigenvalue weighted by molar-refractivity contribution is 0.833. The molecule has 0 spiro atoms. The van der Waals surface area contributed by atoms with Crippen LogP contribution in [0.15, 0.2) is 0 Å². The fourth-order valence-corrected chi connectivity index (χ4v) is 0.691. The van der Waals surface area contributed by atoms with Gasteiger partial charge >= 0.3 is 0 Å². The van der Waals surface area contributed by atoms with E-state index in [2.05, 4.69) is 0 Å². The third-order valence-electron chi connectivity index (χ3n) is 1.52. The summed E-state index contributed by atoms with van der Waals surface area (Å²) in [6.45, 7) is 0. The Balaban J connectivity index is 2.78. The van der Waals surface area contributed by atoms with E-state index in [1.807, 2.05) is 18.2 Å². The van der Waals surface area contributed by atoms with Gasteiger partial charge in [-0.3, -0.25) is 0 Å². The summed E-state index contributed by atoms with van der Waals surface area (Å²) >= 11 is 0. The zero-order valence-corrected chi connectivity index (χ0v) is 4.63. The normalized spacial score (nSPS) is 27.0. The zero-order chi connectivity index (χ0) is 6.91. The Bertz CT molecular complexity index is 233. The standard InChI is InChI=1S/C6H3N3/c7-2-5-1-6(5,3-8)4-9/h5H,1H2. The maximum atomic E-state index is 8.33. The maximum Gasteiger partial charge on any atom is 0.160 e. The molecule has 0 amide bonds. The van der Waals surface area contributed by atoms with Crippen LogP contribution < -0.4 is 0 Å². The van der Waals surface area contributed by atoms with E-state index in [0.717, 1.165) is 0 Å². The first-order valence-corrected chi connectivity index (χ1v) is 2.51. The van der Waals surface area contributed by atoms with Crippen molar-refractivity contribution in [3.8, 4) is 18.2 Å². The van der Waals surface area contributed by atoms with Crippen molar-refractivity contribution in [1.82, 2.24) is 0 Å². The molecule has 0 aliphatic heterocycles. The molecule has 0 radical (unpaired) electrons. The summed E-state index contributed by atoms with van der Waals surface area (Å²) in [5, 5.41) is 24.9. The van der Waals surface area contributed by atoms with E-state index >= 15 is 0 Å². The van der Waals surface area contributed by atoms with Gasteiger partial charge in [0.2, 0.25) is 0 Å². The Labute approximate surface area is 52.7 Å². The minimum atomic E-state index is -0.950. The van der Waals surface area contributed by atoms with Crippen LogP contribution in [0, 0.1) is 45.3 Å². The van der Waals surface area contributed by atoms with E-state index in [1.165, 1.54) is 0 Å². The monoisotopic (exact) mass is 117 g/mol. The largest absolute Gasteiger partial charge is 0.198 e. The van der Waals surface area contributed by atoms with E-state index < -0.39 is 5.41 Å². The van der Waals surface area contributed by atoms with E-state index in [-0.39, 0.29) is 5.92 Å². The first kappa shape index (κ1) is 5.60. The van der Waals surface area contributed by atoms with Gasteiger partial charge in [0.1, 0.15) is 0 Å². The molecule has 1 unspecified atom stereocenters. The minimum absolute atomic E-state index is 0.340. The number of nitriles is 3. The van der Waals surface area contributed by atoms with Crippen molar-refractivity contribution in [2.24, 2.45) is 11.3 Å². The molecule has 1 aliphatic rings. The van der Waals surface area contributed by atoms with Gasteiger partial charge < -0.3 is 0 Å². The fraction of sp³-hybridized carbons (Fsp3) is 0.500. The molecule has 0 aromatic carbocycles. The molecule has 3 nitrogen and oxygen atoms in total. The summed E-state index contributed by atoms with van der Waals surface area (Å²) < 4.78 is 0. The molecular weight excluding hydrogens is 114 g/mol. The molecule has 1 saturated carbocycles. The number of hydrogen-bond acceptors (Lipinski definition) is 3. The fourth-order valence-electron chi connectivity index (χ4n) is 0.691. The molecule has 0 bridgehead atoms. The van der Waals surface area contributed by atoms with Crippen molar-refractivity contribution in [3.05, 3.63) is 0 Å². The average Bonchev–Trinajstić information content (AvgIpc) is 2.63. The second kappa shape index (κ2) is 1.47. The van der Waals surface area contributed by atoms with Gasteiger partial charge in [-0.15, -0.1) is 0 Å². The highest BCUT2D eigenvalue weighted by Crippen LogP contribution is 2.50. The van der Waals surface area contributed by atoms with Crippen LogP contribution in [0.1, 0.15) is 6.42 Å². The Morgan fingerprint density at radius 1 is 1.22 bits per heavy atom. The van der Waals surface area contributed by atoms with Gasteiger partial charge in [0.25, 0.3) is 0 Å². The predicted molar refractivity (Wildman–Crippen MR) is 27.4 cm³/mol. The van der Waals surface area contributed by atoms with Gasteiger partial charge in [-0.25, -0.2) is 0 Å². The highest BCUT2D eigenvalue weighted by molar-refractivity contribution is 5.32. The van der Waals surface area contributed by atoms with Crippen LogP contribution in [0.4, 0.5) is 0 Å². The van der Waals surface area contributed by atoms with E-state index in [4.69, 9.17) is 15.8 Å². The highest BCUT2D eigenvalue weighted by Gasteiger charge is 2.56. The summed E-state index contributed by atoms with van der Waals surface area (Å²) in [5.41, 5.74) is -0.950. The molecule has 0 aromatic heterocycles. The Hall–Kier alpha value is -1.53. The quantitative estimate of drug-likeness (QED) is 0.465. The third kappa shape index (κ3) is 0.540. The summed E-state index contributed by atoms with van der Waals surface area (Å²) in [6, 6.07) is 5.53. The Kier molecular flexibility index (Phi) is 0.916. The van der Waals surface area contributed by atoms with Crippen molar-refractivity contribution >= 4 is 0 Å². The van der Waals surface area contributed by atoms with Crippen molar-refractivity contribution in [3.63, 3.8) is 0 Å². The molecule has 42 valence electrons. The smallest absolute Gasteiger partial charge is 0.160 e. The topological polar surface area (TPSA) is 71.4 Å². The van der Waals surface area contributed by atoms with Gasteiger partial charge in [-0.1, -0.05) is 0 Å². The van der Waals surface area contributed by atoms with Gasteiger partial charge in [-0.05, 0) is 6.42 Å². The first-order valence-electron chi connectivity index (χ1n) is 2.51. The average molecular weight is 117 g/mol. The summed E-state index contributed by atoms with van der Waals surface area (Å²) in [4.78, 5) is 0. The van der Waals surface area contributed by atoms with Crippen molar-refractivity contribution < 1.29 is 0 Å². The Morgan fingerprint density at radius 2 is 1.78 bits per heavy atom. The molecule has 0 N–H and O–H groups in total. The van der Waals surface area contributed by atoms with Crippen LogP contribution in [0.25, 0.3) is 0 Å². The van der Waals surface area contributed by atoms with Crippen molar-refractivity contribution in [2.45, 2.75) is 6.42 Å². The van der Waals surface area contributed by atoms with Gasteiger partial charge in [-0.2, -0.15) is 15.8 Å². The molecule has 0 heterocycles. The summed E-state index contributed by atoms with van der Waals surface area (Å²) in [5.74, 6) is -0.340. The first-order chi connectivity index (χ1) is 4.29. The molecule has 1 atom stereocenters. The molecule has 0 saturated heterocycles. The van der Waals surface area contributed by atoms with Crippen LogP contribution in [-0.4, -0.2) is 0 Å². The van der Waals surface area contributed by atoms with E-state index in [0.29, 0.717) is 6.42 Å². The molecule has 0 aromatic rings. The second-order valence-electron chi connectivity index (χ2n) is 2.08. The molecule has 1 fully saturated rings. The highest BCUT2D eigenvalue weighted by atomic mass is 14.6. The molecule has 1 aliphatic carbocycles. The number of rotatable bonds is 0. The lowest BCUT2D eigenvalue weighted by Crippen LogP contribution is -1.93. The zero-order valence-electron chi connectivity index (χ0n) is 4.63. The van der Waals surface area contributed by atoms with Crippen LogP contribution in [0.2, 0.25) is 0 Å². The predicted octanol–water partition coefficient (Wildman–Crippen LogP) is 0.563. The lowest BCUT2D eigenvalue weighted by Gasteiger charge is -1.82.